The molecule has 0 radical (unpaired) electrons. The number of hydrogen-bond donors (Lipinski definition) is 0. The second-order valence-corrected chi connectivity index (χ2v) is 6.81. The predicted molar refractivity (Wildman–Crippen MR) is 101 cm³/mol. The molecule has 1 heterocycles. The third kappa shape index (κ3) is 4.80. The topological polar surface area (TPSA) is 56.3 Å². The molecule has 4 nitrogen and oxygen atoms in total. The molecule has 0 aliphatic rings. The van der Waals surface area contributed by atoms with Gasteiger partial charge in [0.05, 0.1) is 11.1 Å². The third-order valence-corrected chi connectivity index (χ3v) is 4.76. The molecule has 0 bridgehead atoms. The summed E-state index contributed by atoms with van der Waals surface area (Å²) in [6.45, 7) is 1.45. The van der Waals surface area contributed by atoms with Gasteiger partial charge in [-0.15, -0.1) is 0 Å². The second kappa shape index (κ2) is 8.60. The third-order valence-electron chi connectivity index (χ3n) is 3.74. The number of rotatable bonds is 6. The highest BCUT2D eigenvalue weighted by molar-refractivity contribution is 7.99. The number of aryl methyl sites for hydroxylation is 1. The van der Waals surface area contributed by atoms with Crippen molar-refractivity contribution in [1.82, 2.24) is 4.98 Å². The SMILES string of the molecule is Cc1ccc(Sc2ncccc2C(=O)OCC(=O)c2ccccc2F)cc1. The van der Waals surface area contributed by atoms with Crippen molar-refractivity contribution < 1.29 is 18.7 Å². The number of ether oxygens (including phenoxy) is 1. The van der Waals surface area contributed by atoms with Crippen LogP contribution >= 0.6 is 11.8 Å². The lowest BCUT2D eigenvalue weighted by Gasteiger charge is -2.09. The quantitative estimate of drug-likeness (QED) is 0.457. The molecule has 1 aromatic heterocycles. The van der Waals surface area contributed by atoms with Gasteiger partial charge in [-0.2, -0.15) is 0 Å². The highest BCUT2D eigenvalue weighted by Gasteiger charge is 2.18. The average molecular weight is 381 g/mol. The van der Waals surface area contributed by atoms with E-state index in [4.69, 9.17) is 4.74 Å². The van der Waals surface area contributed by atoms with Crippen molar-refractivity contribution >= 4 is 23.5 Å². The van der Waals surface area contributed by atoms with Crippen LogP contribution in [0.1, 0.15) is 26.3 Å². The molecule has 6 heteroatoms. The Morgan fingerprint density at radius 3 is 2.44 bits per heavy atom. The molecule has 0 amide bonds. The number of nitrogens with zero attached hydrogens (tertiary/aromatic N) is 1. The van der Waals surface area contributed by atoms with Crippen LogP contribution in [0.2, 0.25) is 0 Å². The van der Waals surface area contributed by atoms with Crippen LogP contribution in [-0.4, -0.2) is 23.3 Å². The molecule has 0 atom stereocenters. The molecule has 0 fully saturated rings. The Balaban J connectivity index is 1.71. The van der Waals surface area contributed by atoms with Gasteiger partial charge in [0.2, 0.25) is 5.78 Å². The van der Waals surface area contributed by atoms with Crippen molar-refractivity contribution in [3.05, 3.63) is 89.4 Å². The smallest absolute Gasteiger partial charge is 0.341 e. The Morgan fingerprint density at radius 1 is 1.00 bits per heavy atom. The summed E-state index contributed by atoms with van der Waals surface area (Å²) in [7, 11) is 0. The first-order chi connectivity index (χ1) is 13.0. The minimum atomic E-state index is -0.678. The van der Waals surface area contributed by atoms with Gasteiger partial charge in [0.1, 0.15) is 10.8 Å². The standard InChI is InChI=1S/C21H16FNO3S/c1-14-8-10-15(11-9-14)27-20-17(6-4-12-23-20)21(25)26-13-19(24)16-5-2-3-7-18(16)22/h2-12H,13H2,1H3. The Labute approximate surface area is 160 Å². The molecule has 0 unspecified atom stereocenters. The molecule has 3 rings (SSSR count). The van der Waals surface area contributed by atoms with Gasteiger partial charge in [-0.25, -0.2) is 14.2 Å². The van der Waals surface area contributed by atoms with Crippen LogP contribution in [0.15, 0.2) is 76.8 Å². The zero-order valence-corrected chi connectivity index (χ0v) is 15.3. The molecule has 2 aromatic carbocycles. The number of ketones is 1. The summed E-state index contributed by atoms with van der Waals surface area (Å²) >= 11 is 1.33. The number of carbonyl (C=O) groups is 2. The molecule has 27 heavy (non-hydrogen) atoms. The number of benzene rings is 2. The van der Waals surface area contributed by atoms with E-state index in [2.05, 4.69) is 4.98 Å². The van der Waals surface area contributed by atoms with Gasteiger partial charge in [0.15, 0.2) is 6.61 Å². The van der Waals surface area contributed by atoms with Crippen LogP contribution < -0.4 is 0 Å². The zero-order chi connectivity index (χ0) is 19.2. The van der Waals surface area contributed by atoms with Crippen LogP contribution in [0.3, 0.4) is 0 Å². The van der Waals surface area contributed by atoms with Gasteiger partial charge >= 0.3 is 5.97 Å². The number of hydrogen-bond acceptors (Lipinski definition) is 5. The van der Waals surface area contributed by atoms with Crippen LogP contribution in [0.5, 0.6) is 0 Å². The van der Waals surface area contributed by atoms with E-state index >= 15 is 0 Å². The van der Waals surface area contributed by atoms with Crippen molar-refractivity contribution in [2.45, 2.75) is 16.8 Å². The molecule has 0 saturated carbocycles. The lowest BCUT2D eigenvalue weighted by molar-refractivity contribution is 0.0469. The van der Waals surface area contributed by atoms with E-state index in [0.717, 1.165) is 10.5 Å². The highest BCUT2D eigenvalue weighted by Crippen LogP contribution is 2.29. The minimum absolute atomic E-state index is 0.106. The highest BCUT2D eigenvalue weighted by atomic mass is 32.2. The number of halogens is 1. The van der Waals surface area contributed by atoms with Gasteiger partial charge in [0, 0.05) is 11.1 Å². The van der Waals surface area contributed by atoms with Crippen molar-refractivity contribution in [2.75, 3.05) is 6.61 Å². The van der Waals surface area contributed by atoms with E-state index in [1.165, 1.54) is 30.0 Å². The summed E-state index contributed by atoms with van der Waals surface area (Å²) in [5, 5.41) is 0.477. The number of aromatic nitrogens is 1. The molecular weight excluding hydrogens is 365 g/mol. The molecule has 0 aliphatic heterocycles. The number of Topliss-reactive ketones (excluding diaryl/α,β-unsaturated/α-hetero) is 1. The first-order valence-corrected chi connectivity index (χ1v) is 9.00. The lowest BCUT2D eigenvalue weighted by Crippen LogP contribution is -2.16. The number of esters is 1. The first-order valence-electron chi connectivity index (χ1n) is 8.19. The van der Waals surface area contributed by atoms with Gasteiger partial charge in [-0.05, 0) is 43.3 Å². The van der Waals surface area contributed by atoms with Crippen LogP contribution in [0, 0.1) is 12.7 Å². The normalized spacial score (nSPS) is 10.4. The van der Waals surface area contributed by atoms with E-state index < -0.39 is 24.2 Å². The monoisotopic (exact) mass is 381 g/mol. The van der Waals surface area contributed by atoms with E-state index in [1.54, 1.807) is 24.4 Å². The lowest BCUT2D eigenvalue weighted by atomic mass is 10.1. The average Bonchev–Trinajstić information content (AvgIpc) is 2.68. The summed E-state index contributed by atoms with van der Waals surface area (Å²) in [4.78, 5) is 29.6. The summed E-state index contributed by atoms with van der Waals surface area (Å²) in [5.41, 5.74) is 1.28. The summed E-state index contributed by atoms with van der Waals surface area (Å²) in [5.74, 6) is -1.92. The van der Waals surface area contributed by atoms with E-state index in [9.17, 15) is 14.0 Å². The second-order valence-electron chi connectivity index (χ2n) is 5.75. The molecule has 0 spiro atoms. The minimum Gasteiger partial charge on any atom is -0.454 e. The molecule has 0 saturated heterocycles. The molecule has 0 N–H and O–H groups in total. The summed E-state index contributed by atoms with van der Waals surface area (Å²) < 4.78 is 18.7. The number of carbonyl (C=O) groups excluding carboxylic acids is 2. The van der Waals surface area contributed by atoms with Gasteiger partial charge < -0.3 is 4.74 Å². The Hall–Kier alpha value is -2.99. The summed E-state index contributed by atoms with van der Waals surface area (Å²) in [6, 6.07) is 16.6. The maximum atomic E-state index is 13.6. The predicted octanol–water partition coefficient (Wildman–Crippen LogP) is 4.72. The van der Waals surface area contributed by atoms with Gasteiger partial charge in [0.25, 0.3) is 0 Å². The number of pyridine rings is 1. The maximum absolute atomic E-state index is 13.6. The van der Waals surface area contributed by atoms with Crippen molar-refractivity contribution in [3.8, 4) is 0 Å². The first kappa shape index (κ1) is 18.8. The fraction of sp³-hybridized carbons (Fsp3) is 0.0952. The Kier molecular flexibility index (Phi) is 5.98. The maximum Gasteiger partial charge on any atom is 0.341 e. The Morgan fingerprint density at radius 2 is 1.70 bits per heavy atom. The van der Waals surface area contributed by atoms with Crippen LogP contribution in [-0.2, 0) is 4.74 Å². The molecule has 3 aromatic rings. The van der Waals surface area contributed by atoms with Crippen molar-refractivity contribution in [2.24, 2.45) is 0 Å². The van der Waals surface area contributed by atoms with Crippen molar-refractivity contribution in [1.29, 1.82) is 0 Å². The fourth-order valence-corrected chi connectivity index (χ4v) is 3.19. The molecule has 0 aliphatic carbocycles. The van der Waals surface area contributed by atoms with Gasteiger partial charge in [-0.3, -0.25) is 4.79 Å². The summed E-state index contributed by atoms with van der Waals surface area (Å²) in [6.07, 6.45) is 1.58. The van der Waals surface area contributed by atoms with E-state index in [0.29, 0.717) is 5.03 Å². The Bertz CT molecular complexity index is 973. The van der Waals surface area contributed by atoms with Gasteiger partial charge in [-0.1, -0.05) is 41.6 Å². The molecular formula is C21H16FNO3S. The largest absolute Gasteiger partial charge is 0.454 e. The zero-order valence-electron chi connectivity index (χ0n) is 14.5. The van der Waals surface area contributed by atoms with E-state index in [-0.39, 0.29) is 11.1 Å². The molecule has 136 valence electrons. The fourth-order valence-electron chi connectivity index (χ4n) is 2.32. The van der Waals surface area contributed by atoms with E-state index in [1.807, 2.05) is 31.2 Å². The van der Waals surface area contributed by atoms with Crippen LogP contribution in [0.25, 0.3) is 0 Å². The van der Waals surface area contributed by atoms with Crippen molar-refractivity contribution in [3.63, 3.8) is 0 Å². The van der Waals surface area contributed by atoms with Crippen LogP contribution in [0.4, 0.5) is 4.39 Å².